The van der Waals surface area contributed by atoms with Crippen molar-refractivity contribution >= 4 is 6.09 Å². The molecule has 0 saturated heterocycles. The molecule has 1 aromatic heterocycles. The molecular weight excluding hydrogens is 330 g/mol. The summed E-state index contributed by atoms with van der Waals surface area (Å²) in [6.07, 6.45) is 3.03. The second-order valence-corrected chi connectivity index (χ2v) is 5.95. The maximum Gasteiger partial charge on any atom is 0.405 e. The fourth-order valence-corrected chi connectivity index (χ4v) is 2.90. The summed E-state index contributed by atoms with van der Waals surface area (Å²) < 4.78 is 7.15. The van der Waals surface area contributed by atoms with Crippen molar-refractivity contribution in [2.45, 2.75) is 19.0 Å². The number of methoxy groups -OCH3 is 1. The molecule has 0 aliphatic rings. The number of rotatable bonds is 7. The van der Waals surface area contributed by atoms with Gasteiger partial charge in [0.2, 0.25) is 0 Å². The predicted molar refractivity (Wildman–Crippen MR) is 98.4 cm³/mol. The highest BCUT2D eigenvalue weighted by Gasteiger charge is 2.20. The SMILES string of the molecule is COc1ccc(Cn2ccnc2[C@H](Cc2ccccc2)NC(=O)O)cc1. The van der Waals surface area contributed by atoms with Crippen LogP contribution < -0.4 is 10.1 Å². The van der Waals surface area contributed by atoms with Gasteiger partial charge in [-0.2, -0.15) is 0 Å². The van der Waals surface area contributed by atoms with Crippen LogP contribution in [0.3, 0.4) is 0 Å². The molecule has 2 N–H and O–H groups in total. The zero-order chi connectivity index (χ0) is 18.4. The molecule has 0 aliphatic heterocycles. The zero-order valence-corrected chi connectivity index (χ0v) is 14.5. The summed E-state index contributed by atoms with van der Waals surface area (Å²) in [4.78, 5) is 15.7. The number of hydrogen-bond donors (Lipinski definition) is 2. The molecule has 0 bridgehead atoms. The summed E-state index contributed by atoms with van der Waals surface area (Å²) in [6, 6.07) is 17.1. The van der Waals surface area contributed by atoms with Crippen LogP contribution >= 0.6 is 0 Å². The lowest BCUT2D eigenvalue weighted by Gasteiger charge is -2.18. The maximum atomic E-state index is 11.3. The average molecular weight is 351 g/mol. The number of carbonyl (C=O) groups is 1. The molecule has 3 rings (SSSR count). The standard InChI is InChI=1S/C20H21N3O3/c1-26-17-9-7-16(8-10-17)14-23-12-11-21-19(23)18(22-20(24)25)13-15-5-3-2-4-6-15/h2-12,18,22H,13-14H2,1H3,(H,24,25)/t18-/m0/s1. The third-order valence-electron chi connectivity index (χ3n) is 4.15. The van der Waals surface area contributed by atoms with E-state index in [1.165, 1.54) is 0 Å². The highest BCUT2D eigenvalue weighted by Crippen LogP contribution is 2.19. The lowest BCUT2D eigenvalue weighted by molar-refractivity contribution is 0.189. The fourth-order valence-electron chi connectivity index (χ4n) is 2.90. The molecule has 0 radical (unpaired) electrons. The van der Waals surface area contributed by atoms with Crippen molar-refractivity contribution in [2.75, 3.05) is 7.11 Å². The number of ether oxygens (including phenoxy) is 1. The van der Waals surface area contributed by atoms with E-state index in [0.29, 0.717) is 18.8 Å². The van der Waals surface area contributed by atoms with Crippen molar-refractivity contribution in [3.8, 4) is 5.75 Å². The molecule has 0 fully saturated rings. The number of nitrogens with zero attached hydrogens (tertiary/aromatic N) is 2. The largest absolute Gasteiger partial charge is 0.497 e. The van der Waals surface area contributed by atoms with Crippen molar-refractivity contribution in [1.29, 1.82) is 0 Å². The predicted octanol–water partition coefficient (Wildman–Crippen LogP) is 3.49. The van der Waals surface area contributed by atoms with Crippen molar-refractivity contribution in [3.05, 3.63) is 83.9 Å². The first-order valence-electron chi connectivity index (χ1n) is 8.33. The minimum atomic E-state index is -1.06. The Balaban J connectivity index is 1.82. The third-order valence-corrected chi connectivity index (χ3v) is 4.15. The summed E-state index contributed by atoms with van der Waals surface area (Å²) in [6.45, 7) is 0.603. The lowest BCUT2D eigenvalue weighted by Crippen LogP contribution is -2.30. The molecule has 134 valence electrons. The van der Waals surface area contributed by atoms with E-state index < -0.39 is 12.1 Å². The van der Waals surface area contributed by atoms with E-state index in [0.717, 1.165) is 16.9 Å². The summed E-state index contributed by atoms with van der Waals surface area (Å²) in [5.41, 5.74) is 2.13. The summed E-state index contributed by atoms with van der Waals surface area (Å²) >= 11 is 0. The first-order valence-corrected chi connectivity index (χ1v) is 8.33. The molecule has 1 atom stereocenters. The van der Waals surface area contributed by atoms with Crippen molar-refractivity contribution in [2.24, 2.45) is 0 Å². The van der Waals surface area contributed by atoms with Crippen LogP contribution in [-0.2, 0) is 13.0 Å². The number of hydrogen-bond acceptors (Lipinski definition) is 3. The Kier molecular flexibility index (Phi) is 5.53. The smallest absolute Gasteiger partial charge is 0.405 e. The third kappa shape index (κ3) is 4.42. The van der Waals surface area contributed by atoms with Gasteiger partial charge in [0, 0.05) is 25.4 Å². The number of aromatic nitrogens is 2. The average Bonchev–Trinajstić information content (AvgIpc) is 3.10. The van der Waals surface area contributed by atoms with Gasteiger partial charge in [0.1, 0.15) is 11.6 Å². The van der Waals surface area contributed by atoms with Gasteiger partial charge in [0.25, 0.3) is 0 Å². The van der Waals surface area contributed by atoms with Gasteiger partial charge < -0.3 is 19.7 Å². The molecular formula is C20H21N3O3. The Labute approximate surface area is 152 Å². The normalized spacial score (nSPS) is 11.7. The molecule has 1 amide bonds. The van der Waals surface area contributed by atoms with Crippen LogP contribution in [0.4, 0.5) is 4.79 Å². The van der Waals surface area contributed by atoms with Gasteiger partial charge in [-0.05, 0) is 23.3 Å². The first kappa shape index (κ1) is 17.5. The van der Waals surface area contributed by atoms with Gasteiger partial charge in [0.15, 0.2) is 0 Å². The second kappa shape index (κ2) is 8.20. The minimum absolute atomic E-state index is 0.428. The lowest BCUT2D eigenvalue weighted by atomic mass is 10.1. The van der Waals surface area contributed by atoms with E-state index in [2.05, 4.69) is 10.3 Å². The summed E-state index contributed by atoms with van der Waals surface area (Å²) in [5.74, 6) is 1.49. The molecule has 0 unspecified atom stereocenters. The van der Waals surface area contributed by atoms with Gasteiger partial charge in [-0.25, -0.2) is 9.78 Å². The van der Waals surface area contributed by atoms with Crippen molar-refractivity contribution in [1.82, 2.24) is 14.9 Å². The van der Waals surface area contributed by atoms with E-state index >= 15 is 0 Å². The topological polar surface area (TPSA) is 76.4 Å². The Bertz CT molecular complexity index is 844. The van der Waals surface area contributed by atoms with Crippen LogP contribution in [0.1, 0.15) is 23.0 Å². The molecule has 0 saturated carbocycles. The van der Waals surface area contributed by atoms with E-state index in [1.807, 2.05) is 65.4 Å². The highest BCUT2D eigenvalue weighted by atomic mass is 16.5. The molecule has 2 aromatic carbocycles. The highest BCUT2D eigenvalue weighted by molar-refractivity contribution is 5.65. The van der Waals surface area contributed by atoms with Gasteiger partial charge >= 0.3 is 6.09 Å². The number of amides is 1. The van der Waals surface area contributed by atoms with E-state index in [-0.39, 0.29) is 0 Å². The van der Waals surface area contributed by atoms with Crippen LogP contribution in [0.15, 0.2) is 67.0 Å². The quantitative estimate of drug-likeness (QED) is 0.683. The molecule has 0 spiro atoms. The zero-order valence-electron chi connectivity index (χ0n) is 14.5. The van der Waals surface area contributed by atoms with Crippen LogP contribution in [0.25, 0.3) is 0 Å². The van der Waals surface area contributed by atoms with Crippen LogP contribution in [0.2, 0.25) is 0 Å². The monoisotopic (exact) mass is 351 g/mol. The summed E-state index contributed by atoms with van der Waals surface area (Å²) in [7, 11) is 1.63. The van der Waals surface area contributed by atoms with E-state index in [1.54, 1.807) is 13.3 Å². The Hall–Kier alpha value is -3.28. The van der Waals surface area contributed by atoms with E-state index in [4.69, 9.17) is 4.74 Å². The maximum absolute atomic E-state index is 11.3. The first-order chi connectivity index (χ1) is 12.7. The number of benzene rings is 2. The molecule has 0 aliphatic carbocycles. The van der Waals surface area contributed by atoms with Gasteiger partial charge in [-0.15, -0.1) is 0 Å². The van der Waals surface area contributed by atoms with Gasteiger partial charge in [-0.1, -0.05) is 42.5 Å². The Morgan fingerprint density at radius 3 is 2.54 bits per heavy atom. The molecule has 26 heavy (non-hydrogen) atoms. The van der Waals surface area contributed by atoms with Gasteiger partial charge in [0.05, 0.1) is 13.2 Å². The second-order valence-electron chi connectivity index (χ2n) is 5.95. The van der Waals surface area contributed by atoms with Crippen molar-refractivity contribution < 1.29 is 14.6 Å². The molecule has 6 heteroatoms. The molecule has 6 nitrogen and oxygen atoms in total. The minimum Gasteiger partial charge on any atom is -0.497 e. The van der Waals surface area contributed by atoms with Crippen molar-refractivity contribution in [3.63, 3.8) is 0 Å². The van der Waals surface area contributed by atoms with Crippen LogP contribution in [-0.4, -0.2) is 27.9 Å². The fraction of sp³-hybridized carbons (Fsp3) is 0.200. The molecule has 3 aromatic rings. The summed E-state index contributed by atoms with van der Waals surface area (Å²) in [5, 5.41) is 11.8. The van der Waals surface area contributed by atoms with Crippen LogP contribution in [0.5, 0.6) is 5.75 Å². The number of nitrogens with one attached hydrogen (secondary N) is 1. The Morgan fingerprint density at radius 1 is 1.15 bits per heavy atom. The number of imidazole rings is 1. The van der Waals surface area contributed by atoms with Gasteiger partial charge in [-0.3, -0.25) is 0 Å². The number of carboxylic acid groups (broad SMARTS) is 1. The Morgan fingerprint density at radius 2 is 1.88 bits per heavy atom. The van der Waals surface area contributed by atoms with Crippen LogP contribution in [0, 0.1) is 0 Å². The van der Waals surface area contributed by atoms with E-state index in [9.17, 15) is 9.90 Å². The molecule has 1 heterocycles.